The summed E-state index contributed by atoms with van der Waals surface area (Å²) in [6, 6.07) is 7.16. The molecule has 0 aliphatic carbocycles. The fourth-order valence-electron chi connectivity index (χ4n) is 3.35. The monoisotopic (exact) mass is 417 g/mol. The number of imide groups is 1. The van der Waals surface area contributed by atoms with E-state index >= 15 is 0 Å². The molecular formula is C20H21N2O6S-. The summed E-state index contributed by atoms with van der Waals surface area (Å²) in [5, 5.41) is 10.5. The molecule has 0 spiro atoms. The minimum absolute atomic E-state index is 0.00677. The average molecular weight is 417 g/mol. The van der Waals surface area contributed by atoms with Crippen molar-refractivity contribution in [1.82, 2.24) is 9.80 Å². The summed E-state index contributed by atoms with van der Waals surface area (Å²) in [7, 11) is 1.53. The molecule has 0 unspecified atom stereocenters. The predicted octanol–water partition coefficient (Wildman–Crippen LogP) is 1.11. The molecule has 29 heavy (non-hydrogen) atoms. The summed E-state index contributed by atoms with van der Waals surface area (Å²) < 4.78 is 5.26. The Morgan fingerprint density at radius 1 is 1.24 bits per heavy atom. The van der Waals surface area contributed by atoms with Gasteiger partial charge in [-0.2, -0.15) is 0 Å². The fourth-order valence-corrected chi connectivity index (χ4v) is 4.21. The Morgan fingerprint density at radius 2 is 1.93 bits per heavy atom. The number of carbonyl (C=O) groups is 4. The van der Waals surface area contributed by atoms with E-state index in [1.807, 2.05) is 6.07 Å². The van der Waals surface area contributed by atoms with E-state index in [-0.39, 0.29) is 23.8 Å². The van der Waals surface area contributed by atoms with Crippen LogP contribution in [0.25, 0.3) is 6.08 Å². The zero-order chi connectivity index (χ0) is 21.0. The van der Waals surface area contributed by atoms with Crippen LogP contribution in [0.2, 0.25) is 0 Å². The second-order valence-electron chi connectivity index (χ2n) is 6.80. The molecule has 3 rings (SSSR count). The molecule has 3 amide bonds. The minimum atomic E-state index is -1.09. The largest absolute Gasteiger partial charge is 0.550 e. The lowest BCUT2D eigenvalue weighted by atomic mass is 9.97. The van der Waals surface area contributed by atoms with Crippen LogP contribution in [0.4, 0.5) is 4.79 Å². The van der Waals surface area contributed by atoms with E-state index in [4.69, 9.17) is 4.74 Å². The van der Waals surface area contributed by atoms with Gasteiger partial charge in [0.2, 0.25) is 5.91 Å². The quantitative estimate of drug-likeness (QED) is 0.638. The number of carboxylic acid groups (broad SMARTS) is 1. The molecule has 1 aromatic carbocycles. The number of carboxylic acids is 1. The van der Waals surface area contributed by atoms with Crippen LogP contribution < -0.4 is 9.84 Å². The van der Waals surface area contributed by atoms with Crippen LogP contribution in [0.3, 0.4) is 0 Å². The highest BCUT2D eigenvalue weighted by atomic mass is 32.2. The van der Waals surface area contributed by atoms with Crippen molar-refractivity contribution >= 4 is 40.9 Å². The summed E-state index contributed by atoms with van der Waals surface area (Å²) in [6.45, 7) is 0.674. The van der Waals surface area contributed by atoms with Crippen LogP contribution in [0.15, 0.2) is 29.2 Å². The summed E-state index contributed by atoms with van der Waals surface area (Å²) in [5.41, 5.74) is 0.687. The smallest absolute Gasteiger partial charge is 0.293 e. The van der Waals surface area contributed by atoms with Gasteiger partial charge in [0.15, 0.2) is 0 Å². The Balaban J connectivity index is 1.59. The predicted molar refractivity (Wildman–Crippen MR) is 105 cm³/mol. The maximum absolute atomic E-state index is 12.6. The van der Waals surface area contributed by atoms with Gasteiger partial charge in [0.05, 0.1) is 12.0 Å². The standard InChI is InChI=1S/C20H22N2O6S/c1-28-15-5-3-2-4-14(15)12-16-18(24)22(20(27)29-16)11-8-17(23)21-9-6-13(7-10-21)19(25)26/h2-5,12-13H,6-11H2,1H3,(H,25,26)/p-1/b16-12-. The first-order chi connectivity index (χ1) is 13.9. The SMILES string of the molecule is COc1ccccc1/C=C1\SC(=O)N(CCC(=O)N2CCC(C(=O)[O-])CC2)C1=O. The van der Waals surface area contributed by atoms with Crippen LogP contribution in [0.1, 0.15) is 24.8 Å². The number of rotatable bonds is 6. The van der Waals surface area contributed by atoms with E-state index in [9.17, 15) is 24.3 Å². The summed E-state index contributed by atoms with van der Waals surface area (Å²) in [6.07, 6.45) is 2.33. The molecular weight excluding hydrogens is 396 g/mol. The Labute approximate surface area is 172 Å². The molecule has 2 fully saturated rings. The number of carbonyl (C=O) groups excluding carboxylic acids is 4. The van der Waals surface area contributed by atoms with Crippen LogP contribution in [-0.2, 0) is 14.4 Å². The number of aliphatic carboxylic acids is 1. The minimum Gasteiger partial charge on any atom is -0.550 e. The van der Waals surface area contributed by atoms with E-state index in [0.29, 0.717) is 37.2 Å². The van der Waals surface area contributed by atoms with Gasteiger partial charge in [0.1, 0.15) is 5.75 Å². The van der Waals surface area contributed by atoms with Gasteiger partial charge in [-0.15, -0.1) is 0 Å². The highest BCUT2D eigenvalue weighted by Crippen LogP contribution is 2.34. The lowest BCUT2D eigenvalue weighted by Gasteiger charge is -2.32. The van der Waals surface area contributed by atoms with Gasteiger partial charge in [-0.3, -0.25) is 19.3 Å². The zero-order valence-electron chi connectivity index (χ0n) is 16.0. The van der Waals surface area contributed by atoms with Gasteiger partial charge in [-0.05, 0) is 36.7 Å². The molecule has 154 valence electrons. The van der Waals surface area contributed by atoms with Crippen molar-refractivity contribution in [2.45, 2.75) is 19.3 Å². The highest BCUT2D eigenvalue weighted by molar-refractivity contribution is 8.18. The number of ether oxygens (including phenoxy) is 1. The zero-order valence-corrected chi connectivity index (χ0v) is 16.8. The molecule has 8 nitrogen and oxygen atoms in total. The molecule has 0 aromatic heterocycles. The van der Waals surface area contributed by atoms with Crippen molar-refractivity contribution in [2.75, 3.05) is 26.7 Å². The number of hydrogen-bond donors (Lipinski definition) is 0. The van der Waals surface area contributed by atoms with Gasteiger partial charge in [-0.25, -0.2) is 0 Å². The normalized spacial score (nSPS) is 19.1. The Kier molecular flexibility index (Phi) is 6.58. The Hall–Kier alpha value is -2.81. The van der Waals surface area contributed by atoms with Crippen LogP contribution in [0, 0.1) is 5.92 Å². The molecule has 9 heteroatoms. The van der Waals surface area contributed by atoms with E-state index in [1.54, 1.807) is 29.2 Å². The third kappa shape index (κ3) is 4.79. The van der Waals surface area contributed by atoms with Gasteiger partial charge >= 0.3 is 0 Å². The van der Waals surface area contributed by atoms with Crippen molar-refractivity contribution < 1.29 is 29.0 Å². The summed E-state index contributed by atoms with van der Waals surface area (Å²) in [5.74, 6) is -1.66. The van der Waals surface area contributed by atoms with Gasteiger partial charge in [0, 0.05) is 43.5 Å². The number of para-hydroxylation sites is 1. The second-order valence-corrected chi connectivity index (χ2v) is 7.79. The van der Waals surface area contributed by atoms with E-state index < -0.39 is 23.0 Å². The summed E-state index contributed by atoms with van der Waals surface area (Å²) in [4.78, 5) is 51.0. The molecule has 2 aliphatic heterocycles. The van der Waals surface area contributed by atoms with Crippen molar-refractivity contribution in [3.8, 4) is 5.75 Å². The Bertz CT molecular complexity index is 860. The van der Waals surface area contributed by atoms with Crippen molar-refractivity contribution in [3.05, 3.63) is 34.7 Å². The number of nitrogens with zero attached hydrogens (tertiary/aromatic N) is 2. The lowest BCUT2D eigenvalue weighted by molar-refractivity contribution is -0.312. The number of methoxy groups -OCH3 is 1. The van der Waals surface area contributed by atoms with Gasteiger partial charge in [-0.1, -0.05) is 18.2 Å². The number of piperidine rings is 1. The van der Waals surface area contributed by atoms with Gasteiger partial charge < -0.3 is 19.5 Å². The lowest BCUT2D eigenvalue weighted by Crippen LogP contribution is -2.44. The maximum atomic E-state index is 12.6. The third-order valence-corrected chi connectivity index (χ3v) is 5.94. The second kappa shape index (κ2) is 9.13. The fraction of sp³-hybridized carbons (Fsp3) is 0.400. The number of benzene rings is 1. The van der Waals surface area contributed by atoms with E-state index in [2.05, 4.69) is 0 Å². The first-order valence-corrected chi connectivity index (χ1v) is 10.1. The first-order valence-electron chi connectivity index (χ1n) is 9.27. The molecule has 1 aromatic rings. The van der Waals surface area contributed by atoms with E-state index in [0.717, 1.165) is 16.7 Å². The number of likely N-dealkylation sites (tertiary alicyclic amines) is 1. The molecule has 2 heterocycles. The van der Waals surface area contributed by atoms with Crippen LogP contribution in [-0.4, -0.2) is 59.6 Å². The van der Waals surface area contributed by atoms with E-state index in [1.165, 1.54) is 7.11 Å². The number of thioether (sulfide) groups is 1. The molecule has 0 atom stereocenters. The molecule has 0 N–H and O–H groups in total. The molecule has 0 bridgehead atoms. The van der Waals surface area contributed by atoms with Crippen LogP contribution >= 0.6 is 11.8 Å². The molecule has 0 saturated carbocycles. The number of amides is 3. The van der Waals surface area contributed by atoms with Crippen molar-refractivity contribution in [1.29, 1.82) is 0 Å². The maximum Gasteiger partial charge on any atom is 0.293 e. The third-order valence-electron chi connectivity index (χ3n) is 5.03. The van der Waals surface area contributed by atoms with Crippen molar-refractivity contribution in [2.24, 2.45) is 5.92 Å². The molecule has 2 aliphatic rings. The van der Waals surface area contributed by atoms with Gasteiger partial charge in [0.25, 0.3) is 11.1 Å². The average Bonchev–Trinajstić information content (AvgIpc) is 2.99. The molecule has 2 saturated heterocycles. The van der Waals surface area contributed by atoms with Crippen LogP contribution in [0.5, 0.6) is 5.75 Å². The topological polar surface area (TPSA) is 107 Å². The van der Waals surface area contributed by atoms with Crippen molar-refractivity contribution in [3.63, 3.8) is 0 Å². The number of hydrogen-bond acceptors (Lipinski definition) is 7. The Morgan fingerprint density at radius 3 is 2.59 bits per heavy atom. The highest BCUT2D eigenvalue weighted by Gasteiger charge is 2.35. The first kappa shape index (κ1) is 20.9. The summed E-state index contributed by atoms with van der Waals surface area (Å²) >= 11 is 0.832. The molecule has 0 radical (unpaired) electrons.